The lowest BCUT2D eigenvalue weighted by Crippen LogP contribution is -2.19. The van der Waals surface area contributed by atoms with E-state index in [0.29, 0.717) is 6.54 Å². The summed E-state index contributed by atoms with van der Waals surface area (Å²) < 4.78 is 1.78. The lowest BCUT2D eigenvalue weighted by molar-refractivity contribution is -0.116. The van der Waals surface area contributed by atoms with Gasteiger partial charge in [-0.3, -0.25) is 4.79 Å². The van der Waals surface area contributed by atoms with Crippen LogP contribution < -0.4 is 5.32 Å². The van der Waals surface area contributed by atoms with Crippen LogP contribution in [0.3, 0.4) is 0 Å². The molecule has 1 amide bonds. The van der Waals surface area contributed by atoms with Crippen LogP contribution in [-0.2, 0) is 11.3 Å². The number of benzene rings is 1. The lowest BCUT2D eigenvalue weighted by atomic mass is 10.3. The highest BCUT2D eigenvalue weighted by Crippen LogP contribution is 2.28. The van der Waals surface area contributed by atoms with Gasteiger partial charge < -0.3 is 5.32 Å². The van der Waals surface area contributed by atoms with E-state index < -0.39 is 0 Å². The lowest BCUT2D eigenvalue weighted by Gasteiger charge is -1.99. The fourth-order valence-electron chi connectivity index (χ4n) is 2.64. The summed E-state index contributed by atoms with van der Waals surface area (Å²) in [4.78, 5) is 18.8. The summed E-state index contributed by atoms with van der Waals surface area (Å²) >= 11 is 3.29. The molecule has 0 aliphatic carbocycles. The maximum Gasteiger partial charge on any atom is 0.244 e. The highest BCUT2D eigenvalue weighted by atomic mass is 32.1. The van der Waals surface area contributed by atoms with Crippen molar-refractivity contribution in [3.63, 3.8) is 0 Å². The third-order valence-electron chi connectivity index (χ3n) is 4.02. The van der Waals surface area contributed by atoms with Crippen LogP contribution in [-0.4, -0.2) is 20.7 Å². The van der Waals surface area contributed by atoms with Crippen molar-refractivity contribution in [2.45, 2.75) is 13.5 Å². The number of hydrogen-bond acceptors (Lipinski definition) is 5. The van der Waals surface area contributed by atoms with E-state index in [9.17, 15) is 4.79 Å². The number of rotatable bonds is 6. The first-order valence-corrected chi connectivity index (χ1v) is 10.4. The molecule has 7 heteroatoms. The average Bonchev–Trinajstić information content (AvgIpc) is 3.46. The van der Waals surface area contributed by atoms with Gasteiger partial charge in [-0.15, -0.1) is 22.7 Å². The van der Waals surface area contributed by atoms with Gasteiger partial charge in [-0.1, -0.05) is 18.2 Å². The van der Waals surface area contributed by atoms with E-state index in [-0.39, 0.29) is 5.91 Å². The third kappa shape index (κ3) is 4.44. The molecule has 0 aliphatic heterocycles. The number of thiophene rings is 1. The molecule has 0 aliphatic rings. The zero-order valence-electron chi connectivity index (χ0n) is 15.2. The molecule has 0 atom stereocenters. The van der Waals surface area contributed by atoms with Gasteiger partial charge in [0.2, 0.25) is 5.91 Å². The van der Waals surface area contributed by atoms with Gasteiger partial charge in [0, 0.05) is 28.1 Å². The minimum absolute atomic E-state index is 0.132. The molecule has 4 rings (SSSR count). The number of para-hydroxylation sites is 1. The van der Waals surface area contributed by atoms with Gasteiger partial charge in [0.15, 0.2) is 0 Å². The van der Waals surface area contributed by atoms with Crippen LogP contribution in [0.15, 0.2) is 66.3 Å². The number of thiazole rings is 1. The first kappa shape index (κ1) is 18.3. The van der Waals surface area contributed by atoms with Crippen molar-refractivity contribution in [1.29, 1.82) is 0 Å². The van der Waals surface area contributed by atoms with Crippen molar-refractivity contribution in [3.8, 4) is 16.3 Å². The number of carbonyl (C=O) groups excluding carboxylic acids is 1. The van der Waals surface area contributed by atoms with Gasteiger partial charge in [0.05, 0.1) is 34.0 Å². The van der Waals surface area contributed by atoms with Crippen molar-refractivity contribution in [2.75, 3.05) is 0 Å². The summed E-state index contributed by atoms with van der Waals surface area (Å²) in [5.41, 5.74) is 2.85. The zero-order valence-corrected chi connectivity index (χ0v) is 16.8. The molecule has 28 heavy (non-hydrogen) atoms. The first-order chi connectivity index (χ1) is 13.7. The molecule has 0 unspecified atom stereocenters. The van der Waals surface area contributed by atoms with Gasteiger partial charge in [-0.05, 0) is 37.3 Å². The molecule has 0 radical (unpaired) electrons. The minimum atomic E-state index is -0.132. The van der Waals surface area contributed by atoms with Crippen molar-refractivity contribution < 1.29 is 4.79 Å². The van der Waals surface area contributed by atoms with Crippen molar-refractivity contribution in [1.82, 2.24) is 20.1 Å². The normalized spacial score (nSPS) is 11.2. The van der Waals surface area contributed by atoms with E-state index in [1.165, 1.54) is 6.08 Å². The van der Waals surface area contributed by atoms with E-state index in [0.717, 1.165) is 31.7 Å². The van der Waals surface area contributed by atoms with E-state index in [1.807, 2.05) is 49.5 Å². The predicted octanol–water partition coefficient (Wildman–Crippen LogP) is 4.70. The molecule has 0 bridgehead atoms. The summed E-state index contributed by atoms with van der Waals surface area (Å²) in [7, 11) is 0. The molecule has 0 fully saturated rings. The zero-order chi connectivity index (χ0) is 19.3. The number of aromatic nitrogens is 3. The van der Waals surface area contributed by atoms with Crippen LogP contribution in [0.4, 0.5) is 0 Å². The van der Waals surface area contributed by atoms with Crippen LogP contribution >= 0.6 is 22.7 Å². The molecule has 0 saturated carbocycles. The van der Waals surface area contributed by atoms with Crippen LogP contribution in [0, 0.1) is 6.92 Å². The van der Waals surface area contributed by atoms with Gasteiger partial charge in [-0.25, -0.2) is 9.67 Å². The van der Waals surface area contributed by atoms with E-state index in [4.69, 9.17) is 0 Å². The Morgan fingerprint density at radius 3 is 2.86 bits per heavy atom. The minimum Gasteiger partial charge on any atom is -0.348 e. The van der Waals surface area contributed by atoms with Crippen molar-refractivity contribution in [2.24, 2.45) is 0 Å². The Bertz CT molecular complexity index is 1110. The Labute approximate surface area is 171 Å². The second-order valence-corrected chi connectivity index (χ2v) is 8.35. The van der Waals surface area contributed by atoms with E-state index >= 15 is 0 Å². The van der Waals surface area contributed by atoms with E-state index in [2.05, 4.69) is 26.8 Å². The summed E-state index contributed by atoms with van der Waals surface area (Å²) in [5.74, 6) is -0.132. The summed E-state index contributed by atoms with van der Waals surface area (Å²) in [6, 6.07) is 13.9. The van der Waals surface area contributed by atoms with Gasteiger partial charge in [0.25, 0.3) is 0 Å². The molecule has 3 heterocycles. The molecule has 4 aromatic rings. The second-order valence-electron chi connectivity index (χ2n) is 6.12. The summed E-state index contributed by atoms with van der Waals surface area (Å²) in [6.07, 6.45) is 6.92. The number of nitrogens with zero attached hydrogens (tertiary/aromatic N) is 3. The van der Waals surface area contributed by atoms with E-state index in [1.54, 1.807) is 39.6 Å². The highest BCUT2D eigenvalue weighted by Gasteiger charge is 2.07. The van der Waals surface area contributed by atoms with Gasteiger partial charge >= 0.3 is 0 Å². The summed E-state index contributed by atoms with van der Waals surface area (Å²) in [6.45, 7) is 2.50. The largest absolute Gasteiger partial charge is 0.348 e. The molecular weight excluding hydrogens is 388 g/mol. The SMILES string of the molecule is Cc1nc(-c2ccc(CNC(=O)/C=C/c3cnn(-c4ccccc4)c3)s2)cs1. The molecular formula is C21H18N4OS2. The maximum atomic E-state index is 12.1. The molecule has 1 aromatic carbocycles. The van der Waals surface area contributed by atoms with Crippen LogP contribution in [0.1, 0.15) is 15.4 Å². The molecule has 3 aromatic heterocycles. The maximum absolute atomic E-state index is 12.1. The summed E-state index contributed by atoms with van der Waals surface area (Å²) in [5, 5.41) is 10.4. The smallest absolute Gasteiger partial charge is 0.244 e. The van der Waals surface area contributed by atoms with Crippen molar-refractivity contribution >= 4 is 34.7 Å². The molecule has 1 N–H and O–H groups in total. The Hall–Kier alpha value is -3.03. The standard InChI is InChI=1S/C21H18N4OS2/c1-15-24-19(14-27-15)20-9-8-18(28-20)12-22-21(26)10-7-16-11-23-25(13-16)17-5-3-2-4-6-17/h2-11,13-14H,12H2,1H3,(H,22,26)/b10-7+. The number of carbonyl (C=O) groups is 1. The molecule has 0 spiro atoms. The molecule has 0 saturated heterocycles. The number of hydrogen-bond donors (Lipinski definition) is 1. The predicted molar refractivity (Wildman–Crippen MR) is 115 cm³/mol. The van der Waals surface area contributed by atoms with Crippen LogP contribution in [0.5, 0.6) is 0 Å². The Morgan fingerprint density at radius 1 is 1.21 bits per heavy atom. The number of aryl methyl sites for hydroxylation is 1. The topological polar surface area (TPSA) is 59.8 Å². The number of nitrogens with one attached hydrogen (secondary N) is 1. The Kier molecular flexibility index (Phi) is 5.45. The van der Waals surface area contributed by atoms with Gasteiger partial charge in [0.1, 0.15) is 0 Å². The molecule has 5 nitrogen and oxygen atoms in total. The fraction of sp³-hybridized carbons (Fsp3) is 0.0952. The Morgan fingerprint density at radius 2 is 2.07 bits per heavy atom. The quantitative estimate of drug-likeness (QED) is 0.472. The van der Waals surface area contributed by atoms with Gasteiger partial charge in [-0.2, -0.15) is 5.10 Å². The number of amides is 1. The average molecular weight is 407 g/mol. The van der Waals surface area contributed by atoms with Crippen LogP contribution in [0.2, 0.25) is 0 Å². The fourth-order valence-corrected chi connectivity index (χ4v) is 4.23. The monoisotopic (exact) mass is 406 g/mol. The second kappa shape index (κ2) is 8.33. The van der Waals surface area contributed by atoms with Crippen molar-refractivity contribution in [3.05, 3.63) is 81.8 Å². The Balaban J connectivity index is 1.32. The van der Waals surface area contributed by atoms with Crippen LogP contribution in [0.25, 0.3) is 22.3 Å². The highest BCUT2D eigenvalue weighted by molar-refractivity contribution is 7.16. The third-order valence-corrected chi connectivity index (χ3v) is 5.90. The first-order valence-electron chi connectivity index (χ1n) is 8.74. The molecule has 140 valence electrons.